The molecule has 1 amide bonds. The molecule has 2 aromatic rings. The molecule has 0 spiro atoms. The number of nitrogens with one attached hydrogen (secondary N) is 1. The van der Waals surface area contributed by atoms with E-state index in [-0.39, 0.29) is 5.91 Å². The summed E-state index contributed by atoms with van der Waals surface area (Å²) in [7, 11) is 0. The Balaban J connectivity index is 1.96. The van der Waals surface area contributed by atoms with Crippen LogP contribution in [0, 0.1) is 6.92 Å². The molecule has 1 unspecified atom stereocenters. The van der Waals surface area contributed by atoms with Crippen molar-refractivity contribution in [1.82, 2.24) is 0 Å². The Bertz CT molecular complexity index is 668. The van der Waals surface area contributed by atoms with Crippen LogP contribution < -0.4 is 10.1 Å². The molecular weight excluding hydrogens is 310 g/mol. The minimum Gasteiger partial charge on any atom is -0.481 e. The van der Waals surface area contributed by atoms with Crippen LogP contribution in [0.1, 0.15) is 31.4 Å². The van der Waals surface area contributed by atoms with Crippen LogP contribution in [-0.2, 0) is 11.2 Å². The van der Waals surface area contributed by atoms with Crippen molar-refractivity contribution in [1.29, 1.82) is 0 Å². The van der Waals surface area contributed by atoms with E-state index >= 15 is 0 Å². The van der Waals surface area contributed by atoms with Crippen LogP contribution in [0.5, 0.6) is 5.75 Å². The molecule has 3 nitrogen and oxygen atoms in total. The van der Waals surface area contributed by atoms with E-state index in [2.05, 4.69) is 12.2 Å². The first kappa shape index (κ1) is 17.4. The Labute approximate surface area is 142 Å². The van der Waals surface area contributed by atoms with Crippen molar-refractivity contribution in [2.24, 2.45) is 0 Å². The van der Waals surface area contributed by atoms with Gasteiger partial charge in [0.25, 0.3) is 5.91 Å². The first-order chi connectivity index (χ1) is 11.0. The highest BCUT2D eigenvalue weighted by atomic mass is 35.5. The summed E-state index contributed by atoms with van der Waals surface area (Å²) >= 11 is 5.92. The molecule has 0 radical (unpaired) electrons. The van der Waals surface area contributed by atoms with Crippen molar-refractivity contribution in [3.05, 3.63) is 58.6 Å². The van der Waals surface area contributed by atoms with E-state index < -0.39 is 6.10 Å². The standard InChI is InChI=1S/C19H22ClNO2/c1-4-5-15-6-9-17(10-7-15)23-14(3)19(22)21-18-11-8-16(20)12-13(18)2/h6-12,14H,4-5H2,1-3H3,(H,21,22). The van der Waals surface area contributed by atoms with Crippen molar-refractivity contribution in [3.8, 4) is 5.75 Å². The normalized spacial score (nSPS) is 11.8. The second-order valence-corrected chi connectivity index (χ2v) is 6.04. The summed E-state index contributed by atoms with van der Waals surface area (Å²) in [5.74, 6) is 0.508. The van der Waals surface area contributed by atoms with Crippen molar-refractivity contribution in [2.75, 3.05) is 5.32 Å². The second-order valence-electron chi connectivity index (χ2n) is 5.60. The topological polar surface area (TPSA) is 38.3 Å². The zero-order chi connectivity index (χ0) is 16.8. The van der Waals surface area contributed by atoms with E-state index in [1.165, 1.54) is 5.56 Å². The van der Waals surface area contributed by atoms with E-state index in [4.69, 9.17) is 16.3 Å². The monoisotopic (exact) mass is 331 g/mol. The number of hydrogen-bond donors (Lipinski definition) is 1. The molecular formula is C19H22ClNO2. The van der Waals surface area contributed by atoms with Crippen molar-refractivity contribution in [2.45, 2.75) is 39.7 Å². The molecule has 2 rings (SSSR count). The molecule has 23 heavy (non-hydrogen) atoms. The van der Waals surface area contributed by atoms with Gasteiger partial charge in [0.2, 0.25) is 0 Å². The number of carbonyl (C=O) groups excluding carboxylic acids is 1. The SMILES string of the molecule is CCCc1ccc(OC(C)C(=O)Nc2ccc(Cl)cc2C)cc1. The minimum absolute atomic E-state index is 0.187. The highest BCUT2D eigenvalue weighted by molar-refractivity contribution is 6.30. The molecule has 4 heteroatoms. The smallest absolute Gasteiger partial charge is 0.265 e. The summed E-state index contributed by atoms with van der Waals surface area (Å²) < 4.78 is 5.71. The Kier molecular flexibility index (Phi) is 6.05. The fourth-order valence-electron chi connectivity index (χ4n) is 2.28. The van der Waals surface area contributed by atoms with Crippen molar-refractivity contribution >= 4 is 23.2 Å². The molecule has 0 saturated carbocycles. The number of benzene rings is 2. The summed E-state index contributed by atoms with van der Waals surface area (Å²) in [5.41, 5.74) is 2.93. The number of rotatable bonds is 6. The van der Waals surface area contributed by atoms with Gasteiger partial charge in [-0.1, -0.05) is 37.1 Å². The van der Waals surface area contributed by atoms with Gasteiger partial charge >= 0.3 is 0 Å². The summed E-state index contributed by atoms with van der Waals surface area (Å²) in [6, 6.07) is 13.2. The Hall–Kier alpha value is -2.00. The van der Waals surface area contributed by atoms with Crippen molar-refractivity contribution < 1.29 is 9.53 Å². The van der Waals surface area contributed by atoms with Crippen LogP contribution in [0.2, 0.25) is 5.02 Å². The van der Waals surface area contributed by atoms with E-state index in [9.17, 15) is 4.79 Å². The molecule has 0 aromatic heterocycles. The lowest BCUT2D eigenvalue weighted by Gasteiger charge is -2.16. The Morgan fingerprint density at radius 3 is 2.52 bits per heavy atom. The third-order valence-corrected chi connectivity index (χ3v) is 3.83. The summed E-state index contributed by atoms with van der Waals surface area (Å²) in [4.78, 5) is 12.3. The number of aryl methyl sites for hydroxylation is 2. The second kappa shape index (κ2) is 8.02. The molecule has 0 aliphatic carbocycles. The zero-order valence-electron chi connectivity index (χ0n) is 13.7. The number of ether oxygens (including phenoxy) is 1. The van der Waals surface area contributed by atoms with Crippen LogP contribution in [0.4, 0.5) is 5.69 Å². The van der Waals surface area contributed by atoms with Gasteiger partial charge < -0.3 is 10.1 Å². The number of anilines is 1. The molecule has 1 atom stereocenters. The molecule has 0 aliphatic rings. The fraction of sp³-hybridized carbons (Fsp3) is 0.316. The molecule has 2 aromatic carbocycles. The number of carbonyl (C=O) groups is 1. The first-order valence-electron chi connectivity index (χ1n) is 7.82. The third-order valence-electron chi connectivity index (χ3n) is 3.59. The molecule has 0 fully saturated rings. The first-order valence-corrected chi connectivity index (χ1v) is 8.20. The maximum Gasteiger partial charge on any atom is 0.265 e. The zero-order valence-corrected chi connectivity index (χ0v) is 14.5. The van der Waals surface area contributed by atoms with Gasteiger partial charge in [-0.25, -0.2) is 0 Å². The van der Waals surface area contributed by atoms with Gasteiger partial charge in [0.15, 0.2) is 6.10 Å². The average molecular weight is 332 g/mol. The largest absolute Gasteiger partial charge is 0.481 e. The van der Waals surface area contributed by atoms with Gasteiger partial charge in [-0.05, 0) is 61.7 Å². The Morgan fingerprint density at radius 2 is 1.91 bits per heavy atom. The van der Waals surface area contributed by atoms with Crippen LogP contribution in [0.15, 0.2) is 42.5 Å². The fourth-order valence-corrected chi connectivity index (χ4v) is 2.51. The lowest BCUT2D eigenvalue weighted by molar-refractivity contribution is -0.122. The summed E-state index contributed by atoms with van der Waals surface area (Å²) in [5, 5.41) is 3.52. The van der Waals surface area contributed by atoms with Gasteiger partial charge in [-0.2, -0.15) is 0 Å². The molecule has 0 saturated heterocycles. The van der Waals surface area contributed by atoms with Crippen LogP contribution in [-0.4, -0.2) is 12.0 Å². The highest BCUT2D eigenvalue weighted by Gasteiger charge is 2.15. The van der Waals surface area contributed by atoms with Crippen LogP contribution >= 0.6 is 11.6 Å². The lowest BCUT2D eigenvalue weighted by atomic mass is 10.1. The average Bonchev–Trinajstić information content (AvgIpc) is 2.52. The van der Waals surface area contributed by atoms with Gasteiger partial charge in [0.05, 0.1) is 0 Å². The van der Waals surface area contributed by atoms with Gasteiger partial charge in [0, 0.05) is 10.7 Å². The van der Waals surface area contributed by atoms with Crippen LogP contribution in [0.25, 0.3) is 0 Å². The number of halogens is 1. The van der Waals surface area contributed by atoms with Crippen LogP contribution in [0.3, 0.4) is 0 Å². The summed E-state index contributed by atoms with van der Waals surface area (Å²) in [6.07, 6.45) is 1.58. The maximum absolute atomic E-state index is 12.3. The molecule has 0 aliphatic heterocycles. The minimum atomic E-state index is -0.581. The number of hydrogen-bond acceptors (Lipinski definition) is 2. The van der Waals surface area contributed by atoms with Gasteiger partial charge in [-0.15, -0.1) is 0 Å². The van der Waals surface area contributed by atoms with Gasteiger partial charge in [0.1, 0.15) is 5.75 Å². The maximum atomic E-state index is 12.3. The molecule has 0 bridgehead atoms. The number of amides is 1. The highest BCUT2D eigenvalue weighted by Crippen LogP contribution is 2.20. The molecule has 122 valence electrons. The third kappa shape index (κ3) is 5.00. The predicted molar refractivity (Wildman–Crippen MR) is 95.3 cm³/mol. The predicted octanol–water partition coefficient (Wildman–Crippen LogP) is 5.01. The Morgan fingerprint density at radius 1 is 1.22 bits per heavy atom. The van der Waals surface area contributed by atoms with E-state index in [1.54, 1.807) is 19.1 Å². The molecule has 1 N–H and O–H groups in total. The van der Waals surface area contributed by atoms with E-state index in [1.807, 2.05) is 37.3 Å². The van der Waals surface area contributed by atoms with E-state index in [0.29, 0.717) is 10.8 Å². The molecule has 0 heterocycles. The van der Waals surface area contributed by atoms with Crippen molar-refractivity contribution in [3.63, 3.8) is 0 Å². The summed E-state index contributed by atoms with van der Waals surface area (Å²) in [6.45, 7) is 5.79. The quantitative estimate of drug-likeness (QED) is 0.808. The van der Waals surface area contributed by atoms with E-state index in [0.717, 1.165) is 24.1 Å². The lowest BCUT2D eigenvalue weighted by Crippen LogP contribution is -2.30. The van der Waals surface area contributed by atoms with Gasteiger partial charge in [-0.3, -0.25) is 4.79 Å².